The average Bonchev–Trinajstić information content (AvgIpc) is 2.67. The first-order valence-electron chi connectivity index (χ1n) is 10.3. The van der Waals surface area contributed by atoms with Gasteiger partial charge in [0.25, 0.3) is 0 Å². The predicted molar refractivity (Wildman–Crippen MR) is 107 cm³/mol. The lowest BCUT2D eigenvalue weighted by atomic mass is 9.90. The van der Waals surface area contributed by atoms with E-state index in [0.717, 1.165) is 44.9 Å². The van der Waals surface area contributed by atoms with Gasteiger partial charge in [-0.2, -0.15) is 0 Å². The van der Waals surface area contributed by atoms with Gasteiger partial charge in [0.1, 0.15) is 6.54 Å². The first-order valence-corrected chi connectivity index (χ1v) is 10.3. The highest BCUT2D eigenvalue weighted by Crippen LogP contribution is 2.39. The Morgan fingerprint density at radius 2 is 1.79 bits per heavy atom. The molecule has 0 saturated heterocycles. The average molecular weight is 401 g/mol. The van der Waals surface area contributed by atoms with Crippen LogP contribution in [-0.2, 0) is 9.59 Å². The van der Waals surface area contributed by atoms with Crippen molar-refractivity contribution in [3.05, 3.63) is 23.8 Å². The molecule has 1 aliphatic heterocycles. The van der Waals surface area contributed by atoms with Crippen molar-refractivity contribution in [2.75, 3.05) is 22.9 Å². The Hall–Kier alpha value is -2.45. The first-order chi connectivity index (χ1) is 13.9. The zero-order chi connectivity index (χ0) is 20.5. The van der Waals surface area contributed by atoms with Gasteiger partial charge < -0.3 is 20.4 Å². The van der Waals surface area contributed by atoms with Crippen LogP contribution in [0, 0.1) is 0 Å². The third kappa shape index (κ3) is 4.00. The number of aliphatic hydroxyl groups is 1. The first kappa shape index (κ1) is 19.8. The second-order valence-corrected chi connectivity index (χ2v) is 8.22. The van der Waals surface area contributed by atoms with Crippen LogP contribution in [0.15, 0.2) is 18.2 Å². The molecule has 2 amide bonds. The smallest absolute Gasteiger partial charge is 0.335 e. The molecule has 3 N–H and O–H groups in total. The summed E-state index contributed by atoms with van der Waals surface area (Å²) in [6.45, 7) is 0.00464. The van der Waals surface area contributed by atoms with Crippen LogP contribution in [0.25, 0.3) is 0 Å². The van der Waals surface area contributed by atoms with Crippen LogP contribution in [0.1, 0.15) is 55.3 Å². The highest BCUT2D eigenvalue weighted by Gasteiger charge is 2.38. The van der Waals surface area contributed by atoms with E-state index in [1.807, 2.05) is 0 Å². The number of carbonyl (C=O) groups is 3. The van der Waals surface area contributed by atoms with Crippen molar-refractivity contribution >= 4 is 29.2 Å². The quantitative estimate of drug-likeness (QED) is 0.690. The highest BCUT2D eigenvalue weighted by atomic mass is 16.4. The summed E-state index contributed by atoms with van der Waals surface area (Å²) in [6.07, 6.45) is 5.71. The van der Waals surface area contributed by atoms with Crippen LogP contribution in [0.2, 0.25) is 0 Å². The Morgan fingerprint density at radius 1 is 1.07 bits per heavy atom. The molecule has 1 heterocycles. The molecule has 1 aromatic carbocycles. The Balaban J connectivity index is 1.54. The number of carboxylic acids is 1. The van der Waals surface area contributed by atoms with E-state index in [1.165, 1.54) is 17.0 Å². The maximum Gasteiger partial charge on any atom is 0.335 e. The van der Waals surface area contributed by atoms with E-state index in [2.05, 4.69) is 5.32 Å². The Morgan fingerprint density at radius 3 is 2.41 bits per heavy atom. The monoisotopic (exact) mass is 401 g/mol. The van der Waals surface area contributed by atoms with Crippen molar-refractivity contribution in [2.24, 2.45) is 0 Å². The zero-order valence-corrected chi connectivity index (χ0v) is 16.3. The minimum absolute atomic E-state index is 0.0729. The summed E-state index contributed by atoms with van der Waals surface area (Å²) in [5, 5.41) is 22.2. The van der Waals surface area contributed by atoms with Gasteiger partial charge in [0.05, 0.1) is 29.6 Å². The van der Waals surface area contributed by atoms with E-state index >= 15 is 0 Å². The lowest BCUT2D eigenvalue weighted by Gasteiger charge is -2.43. The van der Waals surface area contributed by atoms with E-state index < -0.39 is 5.97 Å². The van der Waals surface area contributed by atoms with Crippen molar-refractivity contribution in [2.45, 2.75) is 63.1 Å². The topological polar surface area (TPSA) is 110 Å². The number of benzene rings is 1. The molecular weight excluding hydrogens is 374 g/mol. The second kappa shape index (κ2) is 8.12. The van der Waals surface area contributed by atoms with Gasteiger partial charge in [-0.15, -0.1) is 0 Å². The molecule has 4 rings (SSSR count). The van der Waals surface area contributed by atoms with Crippen molar-refractivity contribution in [1.29, 1.82) is 0 Å². The maximum absolute atomic E-state index is 13.0. The third-order valence-electron chi connectivity index (χ3n) is 6.31. The van der Waals surface area contributed by atoms with Crippen LogP contribution in [0.3, 0.4) is 0 Å². The molecule has 0 radical (unpaired) electrons. The number of amides is 2. The van der Waals surface area contributed by atoms with Crippen molar-refractivity contribution in [1.82, 2.24) is 5.32 Å². The van der Waals surface area contributed by atoms with E-state index in [4.69, 9.17) is 0 Å². The molecule has 0 spiro atoms. The van der Waals surface area contributed by atoms with Gasteiger partial charge in [-0.1, -0.05) is 0 Å². The number of aliphatic hydroxyl groups excluding tert-OH is 1. The van der Waals surface area contributed by atoms with Crippen LogP contribution < -0.4 is 15.1 Å². The lowest BCUT2D eigenvalue weighted by Crippen LogP contribution is -2.55. The molecule has 0 aromatic heterocycles. The molecule has 8 heteroatoms. The van der Waals surface area contributed by atoms with Gasteiger partial charge >= 0.3 is 5.97 Å². The van der Waals surface area contributed by atoms with Crippen molar-refractivity contribution < 1.29 is 24.6 Å². The van der Waals surface area contributed by atoms with Gasteiger partial charge in [-0.25, -0.2) is 4.79 Å². The molecule has 0 unspecified atom stereocenters. The Labute approximate surface area is 169 Å². The molecule has 1 aromatic rings. The van der Waals surface area contributed by atoms with Gasteiger partial charge in [0.2, 0.25) is 11.8 Å². The molecule has 0 atom stereocenters. The van der Waals surface area contributed by atoms with E-state index in [9.17, 15) is 24.6 Å². The van der Waals surface area contributed by atoms with Crippen molar-refractivity contribution in [3.63, 3.8) is 0 Å². The molecule has 2 fully saturated rings. The number of fused-ring (bicyclic) bond motifs is 1. The molecule has 156 valence electrons. The van der Waals surface area contributed by atoms with Crippen LogP contribution in [-0.4, -0.2) is 59.3 Å². The van der Waals surface area contributed by atoms with Gasteiger partial charge in [-0.3, -0.25) is 14.5 Å². The van der Waals surface area contributed by atoms with Crippen LogP contribution in [0.5, 0.6) is 0 Å². The van der Waals surface area contributed by atoms with Gasteiger partial charge in [0.15, 0.2) is 0 Å². The number of anilines is 2. The molecule has 29 heavy (non-hydrogen) atoms. The fourth-order valence-corrected chi connectivity index (χ4v) is 4.38. The van der Waals surface area contributed by atoms with Gasteiger partial charge in [-0.05, 0) is 63.1 Å². The SMILES string of the molecule is O=C(O)c1ccc2c(c1)N(C(=O)CNC1CCC(O)CC1)CC(=O)N2C1CCC1. The summed E-state index contributed by atoms with van der Waals surface area (Å²) in [5.74, 6) is -1.44. The van der Waals surface area contributed by atoms with E-state index in [1.54, 1.807) is 11.0 Å². The summed E-state index contributed by atoms with van der Waals surface area (Å²) in [7, 11) is 0. The minimum Gasteiger partial charge on any atom is -0.478 e. The lowest BCUT2D eigenvalue weighted by molar-refractivity contribution is -0.123. The summed E-state index contributed by atoms with van der Waals surface area (Å²) in [5.41, 5.74) is 1.20. The second-order valence-electron chi connectivity index (χ2n) is 8.22. The number of aromatic carboxylic acids is 1. The standard InChI is InChI=1S/C21H27N3O5/c25-16-7-5-14(6-8-16)22-11-19(26)23-12-20(27)24(15-2-1-3-15)17-9-4-13(21(28)29)10-18(17)23/h4,9-10,14-16,22,25H,1-3,5-8,11-12H2,(H,28,29). The summed E-state index contributed by atoms with van der Waals surface area (Å²) < 4.78 is 0. The number of nitrogens with one attached hydrogen (secondary N) is 1. The molecular formula is C21H27N3O5. The molecule has 3 aliphatic rings. The Kier molecular flexibility index (Phi) is 5.56. The molecule has 2 saturated carbocycles. The normalized spacial score (nSPS) is 24.8. The van der Waals surface area contributed by atoms with Gasteiger partial charge in [0, 0.05) is 12.1 Å². The number of hydrogen-bond donors (Lipinski definition) is 3. The number of carboxylic acid groups (broad SMARTS) is 1. The summed E-state index contributed by atoms with van der Waals surface area (Å²) in [6, 6.07) is 4.91. The number of carbonyl (C=O) groups excluding carboxylic acids is 2. The van der Waals surface area contributed by atoms with E-state index in [0.29, 0.717) is 11.4 Å². The fourth-order valence-electron chi connectivity index (χ4n) is 4.38. The molecule has 0 bridgehead atoms. The van der Waals surface area contributed by atoms with E-state index in [-0.39, 0.29) is 48.7 Å². The van der Waals surface area contributed by atoms with Crippen LogP contribution >= 0.6 is 0 Å². The molecule has 2 aliphatic carbocycles. The number of hydrogen-bond acceptors (Lipinski definition) is 5. The number of nitrogens with zero attached hydrogens (tertiary/aromatic N) is 2. The summed E-state index contributed by atoms with van der Waals surface area (Å²) >= 11 is 0. The Bertz CT molecular complexity index is 815. The van der Waals surface area contributed by atoms with Crippen molar-refractivity contribution in [3.8, 4) is 0 Å². The highest BCUT2D eigenvalue weighted by molar-refractivity contribution is 6.12. The number of rotatable bonds is 5. The third-order valence-corrected chi connectivity index (χ3v) is 6.31. The fraction of sp³-hybridized carbons (Fsp3) is 0.571. The molecule has 8 nitrogen and oxygen atoms in total. The zero-order valence-electron chi connectivity index (χ0n) is 16.3. The minimum atomic E-state index is -1.06. The predicted octanol–water partition coefficient (Wildman–Crippen LogP) is 1.51. The van der Waals surface area contributed by atoms with Crippen LogP contribution in [0.4, 0.5) is 11.4 Å². The largest absolute Gasteiger partial charge is 0.478 e. The maximum atomic E-state index is 13.0. The summed E-state index contributed by atoms with van der Waals surface area (Å²) in [4.78, 5) is 40.4.